The van der Waals surface area contributed by atoms with Crippen LogP contribution in [0.1, 0.15) is 43.7 Å². The fourth-order valence-corrected chi connectivity index (χ4v) is 2.93. The smallest absolute Gasteiger partial charge is 0.368 e. The maximum Gasteiger partial charge on any atom is 0.418 e. The molecule has 1 atom stereocenters. The molecule has 1 aromatic rings. The Morgan fingerprint density at radius 3 is 2.65 bits per heavy atom. The lowest BCUT2D eigenvalue weighted by molar-refractivity contribution is -0.137. The van der Waals surface area contributed by atoms with Crippen molar-refractivity contribution in [3.8, 4) is 0 Å². The Labute approximate surface area is 117 Å². The van der Waals surface area contributed by atoms with E-state index in [0.717, 1.165) is 25.7 Å². The lowest BCUT2D eigenvalue weighted by atomic mass is 9.97. The maximum atomic E-state index is 13.3. The number of nitrogens with zero attached hydrogens (tertiary/aromatic N) is 1. The van der Waals surface area contributed by atoms with Crippen LogP contribution in [-0.4, -0.2) is 12.6 Å². The summed E-state index contributed by atoms with van der Waals surface area (Å²) in [6.45, 7) is 2.86. The van der Waals surface area contributed by atoms with Crippen LogP contribution in [0.3, 0.4) is 0 Å². The van der Waals surface area contributed by atoms with E-state index in [-0.39, 0.29) is 12.6 Å². The van der Waals surface area contributed by atoms with E-state index in [1.807, 2.05) is 11.8 Å². The molecule has 1 aliphatic rings. The number of piperidine rings is 1. The molecule has 0 aliphatic carbocycles. The number of halogens is 3. The minimum absolute atomic E-state index is 0.126. The molecule has 2 rings (SSSR count). The van der Waals surface area contributed by atoms with Gasteiger partial charge in [-0.1, -0.05) is 13.0 Å². The number of alkyl halides is 3. The molecular weight excluding hydrogens is 265 g/mol. The largest absolute Gasteiger partial charge is 0.418 e. The summed E-state index contributed by atoms with van der Waals surface area (Å²) in [7, 11) is 0. The molecular formula is C15H21F3N2. The molecule has 1 saturated heterocycles. The van der Waals surface area contributed by atoms with E-state index >= 15 is 0 Å². The molecule has 1 aromatic carbocycles. The van der Waals surface area contributed by atoms with Crippen LogP contribution in [-0.2, 0) is 12.7 Å². The van der Waals surface area contributed by atoms with Gasteiger partial charge in [-0.3, -0.25) is 0 Å². The van der Waals surface area contributed by atoms with E-state index < -0.39 is 11.7 Å². The number of hydrogen-bond donors (Lipinski definition) is 1. The maximum absolute atomic E-state index is 13.3. The van der Waals surface area contributed by atoms with Gasteiger partial charge >= 0.3 is 6.18 Å². The van der Waals surface area contributed by atoms with Gasteiger partial charge in [0.2, 0.25) is 0 Å². The molecule has 0 aromatic heterocycles. The number of benzene rings is 1. The van der Waals surface area contributed by atoms with Crippen LogP contribution >= 0.6 is 0 Å². The minimum atomic E-state index is -4.34. The minimum Gasteiger partial charge on any atom is -0.368 e. The lowest BCUT2D eigenvalue weighted by Crippen LogP contribution is -2.40. The van der Waals surface area contributed by atoms with Crippen molar-refractivity contribution in [3.63, 3.8) is 0 Å². The molecule has 5 heteroatoms. The Kier molecular flexibility index (Phi) is 4.58. The van der Waals surface area contributed by atoms with Gasteiger partial charge in [0.05, 0.1) is 5.56 Å². The second-order valence-electron chi connectivity index (χ2n) is 5.30. The fourth-order valence-electron chi connectivity index (χ4n) is 2.93. The second-order valence-corrected chi connectivity index (χ2v) is 5.30. The van der Waals surface area contributed by atoms with Crippen LogP contribution in [0.5, 0.6) is 0 Å². The third-order valence-corrected chi connectivity index (χ3v) is 4.01. The van der Waals surface area contributed by atoms with Gasteiger partial charge in [0, 0.05) is 24.8 Å². The van der Waals surface area contributed by atoms with Gasteiger partial charge in [-0.25, -0.2) is 0 Å². The molecule has 1 heterocycles. The normalized spacial score (nSPS) is 20.2. The molecule has 0 bridgehead atoms. The van der Waals surface area contributed by atoms with Crippen molar-refractivity contribution in [1.29, 1.82) is 0 Å². The third-order valence-electron chi connectivity index (χ3n) is 4.01. The van der Waals surface area contributed by atoms with Crippen LogP contribution in [0.2, 0.25) is 0 Å². The van der Waals surface area contributed by atoms with Crippen molar-refractivity contribution < 1.29 is 13.2 Å². The SMILES string of the molecule is CCC1CCCCN1c1ccc(CN)cc1C(F)(F)F. The van der Waals surface area contributed by atoms with E-state index in [1.165, 1.54) is 6.07 Å². The summed E-state index contributed by atoms with van der Waals surface area (Å²) in [6, 6.07) is 4.68. The lowest BCUT2D eigenvalue weighted by Gasteiger charge is -2.38. The predicted octanol–water partition coefficient (Wildman–Crippen LogP) is 3.93. The van der Waals surface area contributed by atoms with Crippen LogP contribution < -0.4 is 10.6 Å². The topological polar surface area (TPSA) is 29.3 Å². The average Bonchev–Trinajstić information content (AvgIpc) is 2.45. The standard InChI is InChI=1S/C15H21F3N2/c1-2-12-5-3-4-8-20(12)14-7-6-11(10-19)9-13(14)15(16,17)18/h6-7,9,12H,2-5,8,10,19H2,1H3. The fraction of sp³-hybridized carbons (Fsp3) is 0.600. The van der Waals surface area contributed by atoms with Gasteiger partial charge in [0.1, 0.15) is 0 Å². The monoisotopic (exact) mass is 286 g/mol. The molecule has 2 nitrogen and oxygen atoms in total. The Morgan fingerprint density at radius 2 is 2.05 bits per heavy atom. The number of hydrogen-bond acceptors (Lipinski definition) is 2. The summed E-state index contributed by atoms with van der Waals surface area (Å²) < 4.78 is 39.8. The molecule has 0 amide bonds. The molecule has 1 fully saturated rings. The molecule has 1 aliphatic heterocycles. The quantitative estimate of drug-likeness (QED) is 0.912. The zero-order valence-electron chi connectivity index (χ0n) is 11.7. The van der Waals surface area contributed by atoms with Gasteiger partial charge in [-0.15, -0.1) is 0 Å². The van der Waals surface area contributed by atoms with E-state index in [0.29, 0.717) is 17.8 Å². The van der Waals surface area contributed by atoms with Crippen LogP contribution in [0.4, 0.5) is 18.9 Å². The van der Waals surface area contributed by atoms with Crippen LogP contribution in [0.15, 0.2) is 18.2 Å². The van der Waals surface area contributed by atoms with Gasteiger partial charge in [-0.2, -0.15) is 13.2 Å². The van der Waals surface area contributed by atoms with E-state index in [9.17, 15) is 13.2 Å². The second kappa shape index (κ2) is 6.04. The summed E-state index contributed by atoms with van der Waals surface area (Å²) in [6.07, 6.45) is -0.456. The van der Waals surface area contributed by atoms with Crippen molar-refractivity contribution >= 4 is 5.69 Å². The van der Waals surface area contributed by atoms with Crippen LogP contribution in [0, 0.1) is 0 Å². The summed E-state index contributed by atoms with van der Waals surface area (Å²) in [5, 5.41) is 0. The molecule has 112 valence electrons. The van der Waals surface area contributed by atoms with Gasteiger partial charge < -0.3 is 10.6 Å². The van der Waals surface area contributed by atoms with Gasteiger partial charge in [-0.05, 0) is 43.4 Å². The molecule has 0 spiro atoms. The van der Waals surface area contributed by atoms with Crippen molar-refractivity contribution in [2.24, 2.45) is 5.73 Å². The van der Waals surface area contributed by atoms with Gasteiger partial charge in [0.15, 0.2) is 0 Å². The average molecular weight is 286 g/mol. The molecule has 2 N–H and O–H groups in total. The Bertz CT molecular complexity index is 457. The predicted molar refractivity (Wildman–Crippen MR) is 74.6 cm³/mol. The Morgan fingerprint density at radius 1 is 1.30 bits per heavy atom. The van der Waals surface area contributed by atoms with Crippen molar-refractivity contribution in [1.82, 2.24) is 0 Å². The zero-order chi connectivity index (χ0) is 14.8. The van der Waals surface area contributed by atoms with E-state index in [1.54, 1.807) is 12.1 Å². The summed E-state index contributed by atoms with van der Waals surface area (Å²) in [4.78, 5) is 1.92. The highest BCUT2D eigenvalue weighted by molar-refractivity contribution is 5.57. The van der Waals surface area contributed by atoms with E-state index in [4.69, 9.17) is 5.73 Å². The van der Waals surface area contributed by atoms with Gasteiger partial charge in [0.25, 0.3) is 0 Å². The zero-order valence-corrected chi connectivity index (χ0v) is 11.7. The molecule has 0 saturated carbocycles. The number of anilines is 1. The van der Waals surface area contributed by atoms with Crippen molar-refractivity contribution in [3.05, 3.63) is 29.3 Å². The Hall–Kier alpha value is -1.23. The third kappa shape index (κ3) is 3.08. The molecule has 1 unspecified atom stereocenters. The first kappa shape index (κ1) is 15.2. The Balaban J connectivity index is 2.44. The summed E-state index contributed by atoms with van der Waals surface area (Å²) in [5.41, 5.74) is 5.73. The van der Waals surface area contributed by atoms with Crippen molar-refractivity contribution in [2.45, 2.75) is 51.4 Å². The number of rotatable bonds is 3. The number of nitrogens with two attached hydrogens (primary N) is 1. The summed E-state index contributed by atoms with van der Waals surface area (Å²) >= 11 is 0. The first-order chi connectivity index (χ1) is 9.47. The highest BCUT2D eigenvalue weighted by atomic mass is 19.4. The molecule has 0 radical (unpaired) electrons. The molecule has 20 heavy (non-hydrogen) atoms. The first-order valence-electron chi connectivity index (χ1n) is 7.14. The highest BCUT2D eigenvalue weighted by Gasteiger charge is 2.36. The summed E-state index contributed by atoms with van der Waals surface area (Å²) in [5.74, 6) is 0. The van der Waals surface area contributed by atoms with E-state index in [2.05, 4.69) is 0 Å². The van der Waals surface area contributed by atoms with Crippen molar-refractivity contribution in [2.75, 3.05) is 11.4 Å². The van der Waals surface area contributed by atoms with Crippen LogP contribution in [0.25, 0.3) is 0 Å². The first-order valence-corrected chi connectivity index (χ1v) is 7.14. The highest BCUT2D eigenvalue weighted by Crippen LogP contribution is 2.39.